The SMILES string of the molecule is CC(=O)O[C@@]12CO[C@@H]1C=C[C@@]1(C)[C@@H]3OC(C)(C)O[C@@H]3C3=C(C)[C@@H](O)C[C@@](O)([C@@H](OC(=O)c4ccccc4)[C@@H]12)C3(C)C. The molecule has 0 aromatic heterocycles. The van der Waals surface area contributed by atoms with Crippen molar-refractivity contribution in [2.75, 3.05) is 6.61 Å². The molecule has 9 atom stereocenters. The van der Waals surface area contributed by atoms with Gasteiger partial charge in [0.25, 0.3) is 0 Å². The minimum absolute atomic E-state index is 0.0453. The Hall–Kier alpha value is -2.56. The van der Waals surface area contributed by atoms with Crippen LogP contribution in [0.25, 0.3) is 0 Å². The molecule has 6 rings (SSSR count). The van der Waals surface area contributed by atoms with Gasteiger partial charge >= 0.3 is 11.9 Å². The van der Waals surface area contributed by atoms with Crippen molar-refractivity contribution in [3.63, 3.8) is 0 Å². The summed E-state index contributed by atoms with van der Waals surface area (Å²) >= 11 is 0. The summed E-state index contributed by atoms with van der Waals surface area (Å²) in [7, 11) is 0. The van der Waals surface area contributed by atoms with E-state index in [1.54, 1.807) is 30.3 Å². The first kappa shape index (κ1) is 28.6. The largest absolute Gasteiger partial charge is 0.455 e. The van der Waals surface area contributed by atoms with Gasteiger partial charge in [-0.3, -0.25) is 4.79 Å². The average molecular weight is 569 g/mol. The average Bonchev–Trinajstić information content (AvgIpc) is 3.20. The van der Waals surface area contributed by atoms with Crippen molar-refractivity contribution in [1.29, 1.82) is 0 Å². The van der Waals surface area contributed by atoms with Crippen molar-refractivity contribution in [2.45, 2.75) is 102 Å². The Morgan fingerprint density at radius 3 is 2.34 bits per heavy atom. The molecule has 3 aliphatic carbocycles. The Bertz CT molecular complexity index is 1330. The van der Waals surface area contributed by atoms with E-state index >= 15 is 0 Å². The van der Waals surface area contributed by atoms with Gasteiger partial charge < -0.3 is 33.9 Å². The Morgan fingerprint density at radius 1 is 1.05 bits per heavy atom. The molecule has 2 heterocycles. The van der Waals surface area contributed by atoms with E-state index in [2.05, 4.69) is 0 Å². The maximum atomic E-state index is 13.8. The zero-order chi connectivity index (χ0) is 29.8. The highest BCUT2D eigenvalue weighted by atomic mass is 16.8. The van der Waals surface area contributed by atoms with E-state index in [9.17, 15) is 19.8 Å². The second-order valence-corrected chi connectivity index (χ2v) is 13.5. The normalized spacial score (nSPS) is 43.4. The number of hydrogen-bond acceptors (Lipinski definition) is 9. The molecule has 0 amide bonds. The van der Waals surface area contributed by atoms with Crippen molar-refractivity contribution in [3.05, 3.63) is 59.2 Å². The third-order valence-corrected chi connectivity index (χ3v) is 10.3. The molecule has 222 valence electrons. The van der Waals surface area contributed by atoms with Crippen LogP contribution in [0.1, 0.15) is 65.2 Å². The lowest BCUT2D eigenvalue weighted by molar-refractivity contribution is -0.317. The zero-order valence-electron chi connectivity index (χ0n) is 24.7. The van der Waals surface area contributed by atoms with E-state index < -0.39 is 76.2 Å². The molecule has 9 nitrogen and oxygen atoms in total. The van der Waals surface area contributed by atoms with Gasteiger partial charge in [0.2, 0.25) is 0 Å². The maximum absolute atomic E-state index is 13.8. The number of esters is 2. The minimum Gasteiger partial charge on any atom is -0.455 e. The molecule has 41 heavy (non-hydrogen) atoms. The van der Waals surface area contributed by atoms with Crippen LogP contribution in [0.2, 0.25) is 0 Å². The van der Waals surface area contributed by atoms with Crippen LogP contribution in [-0.2, 0) is 28.5 Å². The van der Waals surface area contributed by atoms with Gasteiger partial charge in [-0.05, 0) is 44.1 Å². The highest BCUT2D eigenvalue weighted by Crippen LogP contribution is 2.65. The Kier molecular flexibility index (Phi) is 6.25. The number of aliphatic hydroxyl groups is 2. The third-order valence-electron chi connectivity index (χ3n) is 10.3. The lowest BCUT2D eigenvalue weighted by Gasteiger charge is -2.66. The summed E-state index contributed by atoms with van der Waals surface area (Å²) in [4.78, 5) is 26.4. The van der Waals surface area contributed by atoms with Gasteiger partial charge in [-0.2, -0.15) is 0 Å². The van der Waals surface area contributed by atoms with Gasteiger partial charge in [0, 0.05) is 24.2 Å². The third kappa shape index (κ3) is 3.86. The zero-order valence-corrected chi connectivity index (χ0v) is 24.7. The van der Waals surface area contributed by atoms with E-state index in [0.29, 0.717) is 11.1 Å². The predicted octanol–water partition coefficient (Wildman–Crippen LogP) is 3.48. The van der Waals surface area contributed by atoms with Crippen molar-refractivity contribution >= 4 is 11.9 Å². The summed E-state index contributed by atoms with van der Waals surface area (Å²) in [6.07, 6.45) is -0.422. The highest BCUT2D eigenvalue weighted by molar-refractivity contribution is 5.89. The molecular weight excluding hydrogens is 528 g/mol. The number of benzene rings is 1. The van der Waals surface area contributed by atoms with E-state index in [-0.39, 0.29) is 13.0 Å². The molecule has 1 aromatic carbocycles. The molecular formula is C32H40O9. The first-order valence-electron chi connectivity index (χ1n) is 14.3. The van der Waals surface area contributed by atoms with Crippen LogP contribution < -0.4 is 0 Å². The van der Waals surface area contributed by atoms with Crippen molar-refractivity contribution < 1.29 is 43.5 Å². The lowest BCUT2D eigenvalue weighted by atomic mass is 9.46. The summed E-state index contributed by atoms with van der Waals surface area (Å²) in [5.74, 6) is -2.97. The predicted molar refractivity (Wildman–Crippen MR) is 146 cm³/mol. The number of carbonyl (C=O) groups is 2. The first-order chi connectivity index (χ1) is 19.1. The van der Waals surface area contributed by atoms with Crippen LogP contribution in [0, 0.1) is 16.7 Å². The van der Waals surface area contributed by atoms with Crippen molar-refractivity contribution in [2.24, 2.45) is 16.7 Å². The molecule has 2 N–H and O–H groups in total. The molecule has 1 aromatic rings. The smallest absolute Gasteiger partial charge is 0.338 e. The van der Waals surface area contributed by atoms with E-state index in [1.165, 1.54) is 6.92 Å². The Morgan fingerprint density at radius 2 is 1.73 bits per heavy atom. The van der Waals surface area contributed by atoms with Crippen LogP contribution >= 0.6 is 0 Å². The van der Waals surface area contributed by atoms with E-state index in [1.807, 2.05) is 53.7 Å². The van der Waals surface area contributed by atoms with Crippen LogP contribution in [0.3, 0.4) is 0 Å². The fourth-order valence-corrected chi connectivity index (χ4v) is 8.31. The standard InChI is InChI=1S/C32H40O9/c1-17-20(34)15-32(36)26(38-27(35)19-11-9-8-10-12-19)24-30(7,14-13-21-31(24,16-37-21)39-18(2)33)25-23(22(17)28(32,3)4)40-29(5,6)41-25/h8-14,20-21,23-26,34,36H,15-16H2,1-7H3/t20-,21+,23+,24-,25+,26-,30+,31-,32+/m0/s1. The van der Waals surface area contributed by atoms with Crippen LogP contribution in [0.5, 0.6) is 0 Å². The number of rotatable bonds is 3. The van der Waals surface area contributed by atoms with Gasteiger partial charge in [-0.15, -0.1) is 0 Å². The molecule has 1 saturated carbocycles. The van der Waals surface area contributed by atoms with Crippen molar-refractivity contribution in [1.82, 2.24) is 0 Å². The lowest BCUT2D eigenvalue weighted by Crippen LogP contribution is -2.78. The van der Waals surface area contributed by atoms with Crippen LogP contribution in [-0.4, -0.2) is 76.3 Å². The molecule has 0 spiro atoms. The van der Waals surface area contributed by atoms with Gasteiger partial charge in [0.1, 0.15) is 30.0 Å². The molecule has 5 aliphatic rings. The number of fused-ring (bicyclic) bond motifs is 8. The monoisotopic (exact) mass is 568 g/mol. The molecule has 2 bridgehead atoms. The van der Waals surface area contributed by atoms with Gasteiger partial charge in [0.05, 0.1) is 24.2 Å². The quantitative estimate of drug-likeness (QED) is 0.417. The molecule has 2 aliphatic heterocycles. The number of hydrogen-bond donors (Lipinski definition) is 2. The molecule has 9 heteroatoms. The van der Waals surface area contributed by atoms with Gasteiger partial charge in [0.15, 0.2) is 11.4 Å². The summed E-state index contributed by atoms with van der Waals surface area (Å²) < 4.78 is 31.7. The topological polar surface area (TPSA) is 121 Å². The Labute approximate surface area is 240 Å². The molecule has 0 unspecified atom stereocenters. The minimum atomic E-state index is -1.79. The van der Waals surface area contributed by atoms with Crippen LogP contribution in [0.15, 0.2) is 53.6 Å². The van der Waals surface area contributed by atoms with Gasteiger partial charge in [-0.1, -0.05) is 51.1 Å². The summed E-state index contributed by atoms with van der Waals surface area (Å²) in [5, 5.41) is 24.4. The second kappa shape index (κ2) is 8.97. The maximum Gasteiger partial charge on any atom is 0.338 e. The van der Waals surface area contributed by atoms with Crippen LogP contribution in [0.4, 0.5) is 0 Å². The van der Waals surface area contributed by atoms with Gasteiger partial charge in [-0.25, -0.2) is 4.79 Å². The van der Waals surface area contributed by atoms with Crippen molar-refractivity contribution in [3.8, 4) is 0 Å². The fourth-order valence-electron chi connectivity index (χ4n) is 8.31. The summed E-state index contributed by atoms with van der Waals surface area (Å²) in [6, 6.07) is 8.57. The number of ether oxygens (including phenoxy) is 5. The van der Waals surface area contributed by atoms with E-state index in [4.69, 9.17) is 23.7 Å². The highest BCUT2D eigenvalue weighted by Gasteiger charge is 2.76. The Balaban J connectivity index is 1.64. The number of carbonyl (C=O) groups excluding carboxylic acids is 2. The van der Waals surface area contributed by atoms with E-state index in [0.717, 1.165) is 5.57 Å². The molecule has 2 saturated heterocycles. The summed E-state index contributed by atoms with van der Waals surface area (Å²) in [5.41, 5.74) is -3.34. The first-order valence-corrected chi connectivity index (χ1v) is 14.3. The number of aliphatic hydroxyl groups excluding tert-OH is 1. The fraction of sp³-hybridized carbons (Fsp3) is 0.625. The summed E-state index contributed by atoms with van der Waals surface area (Å²) in [6.45, 7) is 12.7. The molecule has 0 radical (unpaired) electrons. The molecule has 3 fully saturated rings. The second-order valence-electron chi connectivity index (χ2n) is 13.5.